The average Bonchev–Trinajstić information content (AvgIpc) is 2.98. The molecule has 3 aromatic carbocycles. The van der Waals surface area contributed by atoms with Gasteiger partial charge < -0.3 is 5.11 Å². The Morgan fingerprint density at radius 2 is 1.00 bits per heavy atom. The number of carbonyl (C=O) groups is 1. The highest BCUT2D eigenvalue weighted by Gasteiger charge is 2.46. The molecule has 0 radical (unpaired) electrons. The van der Waals surface area contributed by atoms with Crippen LogP contribution in [-0.2, 0) is 4.79 Å². The van der Waals surface area contributed by atoms with Gasteiger partial charge in [-0.2, -0.15) is 0 Å². The molecule has 0 aliphatic heterocycles. The van der Waals surface area contributed by atoms with E-state index in [1.165, 1.54) is 0 Å². The molecule has 0 fully saturated rings. The van der Waals surface area contributed by atoms with Crippen molar-refractivity contribution in [3.05, 3.63) is 107 Å². The van der Waals surface area contributed by atoms with Crippen LogP contribution in [0.15, 0.2) is 84.9 Å². The Labute approximate surface area is 141 Å². The zero-order valence-corrected chi connectivity index (χ0v) is 13.2. The number of hydrogen-bond acceptors (Lipinski definition) is 1. The highest BCUT2D eigenvalue weighted by atomic mass is 16.4. The van der Waals surface area contributed by atoms with Gasteiger partial charge in [-0.3, -0.25) is 4.79 Å². The summed E-state index contributed by atoms with van der Waals surface area (Å²) in [6, 6.07) is 28.1. The molecule has 1 N–H and O–H groups in total. The van der Waals surface area contributed by atoms with Crippen LogP contribution in [0, 0.1) is 5.92 Å². The largest absolute Gasteiger partial charge is 0.481 e. The summed E-state index contributed by atoms with van der Waals surface area (Å²) in [4.78, 5) is 12.2. The predicted molar refractivity (Wildman–Crippen MR) is 94.1 cm³/mol. The fourth-order valence-electron chi connectivity index (χ4n) is 4.04. The summed E-state index contributed by atoms with van der Waals surface area (Å²) in [5.41, 5.74) is 4.39. The maximum atomic E-state index is 12.2. The number of carboxylic acid groups (broad SMARTS) is 1. The van der Waals surface area contributed by atoms with E-state index >= 15 is 0 Å². The summed E-state index contributed by atoms with van der Waals surface area (Å²) < 4.78 is 0. The van der Waals surface area contributed by atoms with Crippen molar-refractivity contribution in [1.29, 1.82) is 0 Å². The van der Waals surface area contributed by atoms with Crippen LogP contribution in [0.2, 0.25) is 0 Å². The lowest BCUT2D eigenvalue weighted by Gasteiger charge is -2.22. The minimum atomic E-state index is -0.742. The van der Waals surface area contributed by atoms with Crippen LogP contribution in [-0.4, -0.2) is 11.1 Å². The molecule has 0 bridgehead atoms. The molecule has 0 spiro atoms. The van der Waals surface area contributed by atoms with Gasteiger partial charge in [-0.15, -0.1) is 0 Å². The maximum Gasteiger partial charge on any atom is 0.308 e. The zero-order chi connectivity index (χ0) is 16.5. The zero-order valence-electron chi connectivity index (χ0n) is 13.2. The van der Waals surface area contributed by atoms with E-state index in [1.54, 1.807) is 0 Å². The first-order valence-corrected chi connectivity index (χ1v) is 8.19. The smallest absolute Gasteiger partial charge is 0.308 e. The summed E-state index contributed by atoms with van der Waals surface area (Å²) in [5.74, 6) is -1.48. The van der Waals surface area contributed by atoms with Crippen molar-refractivity contribution in [3.8, 4) is 0 Å². The Morgan fingerprint density at radius 3 is 1.38 bits per heavy atom. The van der Waals surface area contributed by atoms with Gasteiger partial charge in [0.25, 0.3) is 0 Å². The minimum Gasteiger partial charge on any atom is -0.481 e. The lowest BCUT2D eigenvalue weighted by atomic mass is 9.80. The fraction of sp³-hybridized carbons (Fsp3) is 0.136. The summed E-state index contributed by atoms with van der Waals surface area (Å²) in [6.45, 7) is 0. The fourth-order valence-corrected chi connectivity index (χ4v) is 4.04. The van der Waals surface area contributed by atoms with Crippen LogP contribution in [0.4, 0.5) is 0 Å². The van der Waals surface area contributed by atoms with Crippen molar-refractivity contribution in [2.45, 2.75) is 11.8 Å². The van der Waals surface area contributed by atoms with E-state index < -0.39 is 11.9 Å². The van der Waals surface area contributed by atoms with Crippen LogP contribution in [0.5, 0.6) is 0 Å². The molecule has 118 valence electrons. The Hall–Kier alpha value is -2.87. The van der Waals surface area contributed by atoms with Crippen molar-refractivity contribution >= 4 is 5.97 Å². The van der Waals surface area contributed by atoms with Gasteiger partial charge in [0, 0.05) is 11.8 Å². The molecule has 0 saturated carbocycles. The molecule has 0 unspecified atom stereocenters. The average molecular weight is 314 g/mol. The third kappa shape index (κ3) is 2.31. The van der Waals surface area contributed by atoms with Crippen molar-refractivity contribution in [2.24, 2.45) is 5.92 Å². The first-order chi connectivity index (χ1) is 11.8. The number of benzene rings is 3. The Balaban J connectivity index is 1.94. The van der Waals surface area contributed by atoms with Gasteiger partial charge in [0.15, 0.2) is 0 Å². The van der Waals surface area contributed by atoms with Crippen molar-refractivity contribution in [3.63, 3.8) is 0 Å². The molecule has 4 rings (SSSR count). The maximum absolute atomic E-state index is 12.2. The second-order valence-electron chi connectivity index (χ2n) is 6.27. The van der Waals surface area contributed by atoms with Gasteiger partial charge in [0.05, 0.1) is 5.92 Å². The molecule has 24 heavy (non-hydrogen) atoms. The van der Waals surface area contributed by atoms with Gasteiger partial charge >= 0.3 is 5.97 Å². The Morgan fingerprint density at radius 1 is 0.625 bits per heavy atom. The van der Waals surface area contributed by atoms with Gasteiger partial charge in [0.1, 0.15) is 0 Å². The van der Waals surface area contributed by atoms with Crippen LogP contribution < -0.4 is 0 Å². The van der Waals surface area contributed by atoms with Gasteiger partial charge in [-0.05, 0) is 22.3 Å². The van der Waals surface area contributed by atoms with E-state index in [2.05, 4.69) is 12.1 Å². The van der Waals surface area contributed by atoms with E-state index in [4.69, 9.17) is 0 Å². The summed E-state index contributed by atoms with van der Waals surface area (Å²) in [6.07, 6.45) is 0. The number of aliphatic carboxylic acids is 1. The molecular formula is C22H18O2. The molecule has 2 nitrogen and oxygen atoms in total. The molecule has 1 aliphatic carbocycles. The van der Waals surface area contributed by atoms with Gasteiger partial charge in [0.2, 0.25) is 0 Å². The first-order valence-electron chi connectivity index (χ1n) is 8.19. The van der Waals surface area contributed by atoms with Gasteiger partial charge in [-0.25, -0.2) is 0 Å². The standard InChI is InChI=1S/C22H18O2/c23-22(24)21-19(15-9-3-1-4-10-15)17-13-7-8-14-18(17)20(21)16-11-5-2-6-12-16/h1-14,19-21H,(H,23,24)/t19-,20-/m1/s1. The Bertz CT molecular complexity index is 789. The van der Waals surface area contributed by atoms with Crippen LogP contribution >= 0.6 is 0 Å². The van der Waals surface area contributed by atoms with E-state index in [0.717, 1.165) is 22.3 Å². The molecular weight excluding hydrogens is 296 g/mol. The van der Waals surface area contributed by atoms with Crippen molar-refractivity contribution < 1.29 is 9.90 Å². The molecule has 2 atom stereocenters. The monoisotopic (exact) mass is 314 g/mol. The number of carboxylic acids is 1. The number of fused-ring (bicyclic) bond motifs is 1. The van der Waals surface area contributed by atoms with Gasteiger partial charge in [-0.1, -0.05) is 84.9 Å². The third-order valence-corrected chi connectivity index (χ3v) is 4.99. The quantitative estimate of drug-likeness (QED) is 0.763. The van der Waals surface area contributed by atoms with Crippen LogP contribution in [0.25, 0.3) is 0 Å². The molecule has 1 aliphatic rings. The topological polar surface area (TPSA) is 37.3 Å². The predicted octanol–water partition coefficient (Wildman–Crippen LogP) is 4.66. The molecule has 0 saturated heterocycles. The molecule has 3 aromatic rings. The third-order valence-electron chi connectivity index (χ3n) is 4.99. The second-order valence-corrected chi connectivity index (χ2v) is 6.27. The lowest BCUT2D eigenvalue weighted by Crippen LogP contribution is -2.23. The van der Waals surface area contributed by atoms with Crippen LogP contribution in [0.3, 0.4) is 0 Å². The SMILES string of the molecule is O=C(O)C1[C@H](c2ccccc2)c2ccccc2[C@H]1c1ccccc1. The normalized spacial score (nSPS) is 19.8. The summed E-state index contributed by atoms with van der Waals surface area (Å²) in [5, 5.41) is 10.0. The van der Waals surface area contributed by atoms with E-state index in [1.807, 2.05) is 72.8 Å². The molecule has 0 aromatic heterocycles. The number of hydrogen-bond donors (Lipinski definition) is 1. The number of rotatable bonds is 3. The molecule has 0 amide bonds. The van der Waals surface area contributed by atoms with Crippen molar-refractivity contribution in [2.75, 3.05) is 0 Å². The second kappa shape index (κ2) is 5.97. The van der Waals surface area contributed by atoms with E-state index in [0.29, 0.717) is 0 Å². The van der Waals surface area contributed by atoms with Crippen molar-refractivity contribution in [1.82, 2.24) is 0 Å². The summed E-state index contributed by atoms with van der Waals surface area (Å²) >= 11 is 0. The van der Waals surface area contributed by atoms with Crippen LogP contribution in [0.1, 0.15) is 34.1 Å². The lowest BCUT2D eigenvalue weighted by molar-refractivity contribution is -0.142. The van der Waals surface area contributed by atoms with E-state index in [-0.39, 0.29) is 11.8 Å². The van der Waals surface area contributed by atoms with E-state index in [9.17, 15) is 9.90 Å². The highest BCUT2D eigenvalue weighted by Crippen LogP contribution is 2.52. The molecule has 2 heteroatoms. The Kier molecular flexibility index (Phi) is 3.66. The summed E-state index contributed by atoms with van der Waals surface area (Å²) in [7, 11) is 0. The highest BCUT2D eigenvalue weighted by molar-refractivity contribution is 5.77. The molecule has 0 heterocycles. The first kappa shape index (κ1) is 14.7. The minimum absolute atomic E-state index is 0.120.